The third kappa shape index (κ3) is 2.87. The van der Waals surface area contributed by atoms with Gasteiger partial charge in [0.05, 0.1) is 35.3 Å². The van der Waals surface area contributed by atoms with Crippen molar-refractivity contribution in [3.63, 3.8) is 0 Å². The molecule has 4 atom stereocenters. The fourth-order valence-corrected chi connectivity index (χ4v) is 2.69. The van der Waals surface area contributed by atoms with Gasteiger partial charge in [-0.2, -0.15) is 31.6 Å². The number of fused-ring (bicyclic) bond motifs is 1. The molecule has 0 bridgehead atoms. The Bertz CT molecular complexity index is 663. The van der Waals surface area contributed by atoms with Crippen LogP contribution in [0.5, 0.6) is 0 Å². The largest absolute Gasteiger partial charge is 0.416 e. The van der Waals surface area contributed by atoms with Crippen molar-refractivity contribution in [1.82, 2.24) is 0 Å². The van der Waals surface area contributed by atoms with Gasteiger partial charge in [-0.3, -0.25) is 0 Å². The van der Waals surface area contributed by atoms with Crippen molar-refractivity contribution in [3.05, 3.63) is 34.4 Å². The van der Waals surface area contributed by atoms with Gasteiger partial charge in [0, 0.05) is 0 Å². The molecule has 10 heteroatoms. The lowest BCUT2D eigenvalue weighted by Gasteiger charge is -2.26. The standard InChI is InChI=1S/C13H9F6NO3/c14-12(15,16)6-2-4(3-20)1-5-7(6)10(22)8(9(5)21)11(23)13(17,18)19/h1-2,8-11,21-23H. The second kappa shape index (κ2) is 5.36. The molecular formula is C13H9F6NO3. The molecule has 2 rings (SSSR count). The average molecular weight is 341 g/mol. The van der Waals surface area contributed by atoms with E-state index in [2.05, 4.69) is 0 Å². The summed E-state index contributed by atoms with van der Waals surface area (Å²) in [5.74, 6) is -2.32. The Kier molecular flexibility index (Phi) is 4.09. The number of alkyl halides is 6. The van der Waals surface area contributed by atoms with E-state index in [1.165, 1.54) is 6.07 Å². The van der Waals surface area contributed by atoms with Crippen LogP contribution in [0.2, 0.25) is 0 Å². The summed E-state index contributed by atoms with van der Waals surface area (Å²) in [7, 11) is 0. The van der Waals surface area contributed by atoms with Crippen molar-refractivity contribution in [3.8, 4) is 6.07 Å². The number of halogens is 6. The molecule has 0 saturated carbocycles. The van der Waals surface area contributed by atoms with Crippen molar-refractivity contribution in [2.45, 2.75) is 30.7 Å². The smallest absolute Gasteiger partial charge is 0.388 e. The molecular weight excluding hydrogens is 332 g/mol. The number of hydrogen-bond donors (Lipinski definition) is 3. The summed E-state index contributed by atoms with van der Waals surface area (Å²) in [4.78, 5) is 0. The van der Waals surface area contributed by atoms with Crippen molar-refractivity contribution >= 4 is 0 Å². The first-order valence-corrected chi connectivity index (χ1v) is 6.15. The second-order valence-electron chi connectivity index (χ2n) is 5.09. The number of nitrogens with zero attached hydrogens (tertiary/aromatic N) is 1. The van der Waals surface area contributed by atoms with E-state index >= 15 is 0 Å². The Labute approximate surface area is 125 Å². The van der Waals surface area contributed by atoms with Crippen LogP contribution in [0.1, 0.15) is 34.5 Å². The van der Waals surface area contributed by atoms with Gasteiger partial charge >= 0.3 is 12.4 Å². The minimum Gasteiger partial charge on any atom is -0.388 e. The van der Waals surface area contributed by atoms with Crippen molar-refractivity contribution in [1.29, 1.82) is 5.26 Å². The fourth-order valence-electron chi connectivity index (χ4n) is 2.69. The Morgan fingerprint density at radius 2 is 1.61 bits per heavy atom. The average Bonchev–Trinajstić information content (AvgIpc) is 2.67. The highest BCUT2D eigenvalue weighted by Gasteiger charge is 2.55. The van der Waals surface area contributed by atoms with E-state index in [9.17, 15) is 41.7 Å². The fraction of sp³-hybridized carbons (Fsp3) is 0.462. The molecule has 0 aromatic heterocycles. The molecule has 1 aliphatic carbocycles. The SMILES string of the molecule is N#Cc1cc2c(c(C(F)(F)F)c1)C(O)C(C(O)C(F)(F)F)C2O. The first kappa shape index (κ1) is 17.5. The molecule has 4 unspecified atom stereocenters. The van der Waals surface area contributed by atoms with Crippen LogP contribution in [0, 0.1) is 17.2 Å². The summed E-state index contributed by atoms with van der Waals surface area (Å²) >= 11 is 0. The van der Waals surface area contributed by atoms with Crippen LogP contribution in [0.3, 0.4) is 0 Å². The van der Waals surface area contributed by atoms with Gasteiger partial charge in [-0.05, 0) is 23.3 Å². The molecule has 1 aromatic carbocycles. The van der Waals surface area contributed by atoms with Crippen LogP contribution >= 0.6 is 0 Å². The summed E-state index contributed by atoms with van der Waals surface area (Å²) < 4.78 is 76.9. The molecule has 1 aromatic rings. The van der Waals surface area contributed by atoms with Crippen LogP contribution in [0.4, 0.5) is 26.3 Å². The Hall–Kier alpha value is -1.83. The maximum atomic E-state index is 13.0. The molecule has 4 nitrogen and oxygen atoms in total. The van der Waals surface area contributed by atoms with Gasteiger partial charge in [0.15, 0.2) is 6.10 Å². The van der Waals surface area contributed by atoms with E-state index in [4.69, 9.17) is 5.26 Å². The third-order valence-electron chi connectivity index (χ3n) is 3.69. The van der Waals surface area contributed by atoms with E-state index in [0.717, 1.165) is 6.07 Å². The van der Waals surface area contributed by atoms with Gasteiger partial charge < -0.3 is 15.3 Å². The number of aliphatic hydroxyl groups excluding tert-OH is 3. The van der Waals surface area contributed by atoms with Gasteiger partial charge in [-0.15, -0.1) is 0 Å². The minimum atomic E-state index is -5.24. The quantitative estimate of drug-likeness (QED) is 0.684. The highest BCUT2D eigenvalue weighted by molar-refractivity contribution is 5.50. The zero-order valence-electron chi connectivity index (χ0n) is 11.0. The first-order valence-electron chi connectivity index (χ1n) is 6.15. The van der Waals surface area contributed by atoms with Gasteiger partial charge in [-0.1, -0.05) is 0 Å². The lowest BCUT2D eigenvalue weighted by molar-refractivity contribution is -0.238. The Morgan fingerprint density at radius 3 is 2.04 bits per heavy atom. The lowest BCUT2D eigenvalue weighted by atomic mass is 9.93. The second-order valence-corrected chi connectivity index (χ2v) is 5.09. The highest BCUT2D eigenvalue weighted by atomic mass is 19.4. The number of nitriles is 1. The summed E-state index contributed by atoms with van der Waals surface area (Å²) in [6.07, 6.45) is -18.1. The van der Waals surface area contributed by atoms with Crippen molar-refractivity contribution < 1.29 is 41.7 Å². The lowest BCUT2D eigenvalue weighted by Crippen LogP contribution is -2.39. The third-order valence-corrected chi connectivity index (χ3v) is 3.69. The van der Waals surface area contributed by atoms with E-state index in [0.29, 0.717) is 6.07 Å². The zero-order chi connectivity index (χ0) is 17.7. The van der Waals surface area contributed by atoms with Crippen LogP contribution in [0.15, 0.2) is 12.1 Å². The summed E-state index contributed by atoms with van der Waals surface area (Å²) in [5.41, 5.74) is -3.67. The number of benzene rings is 1. The molecule has 126 valence electrons. The number of hydrogen-bond acceptors (Lipinski definition) is 4. The Balaban J connectivity index is 2.64. The molecule has 0 fully saturated rings. The monoisotopic (exact) mass is 341 g/mol. The van der Waals surface area contributed by atoms with Gasteiger partial charge in [-0.25, -0.2) is 0 Å². The maximum absolute atomic E-state index is 13.0. The van der Waals surface area contributed by atoms with E-state index < -0.39 is 58.8 Å². The topological polar surface area (TPSA) is 84.5 Å². The van der Waals surface area contributed by atoms with Crippen molar-refractivity contribution in [2.24, 2.45) is 5.92 Å². The predicted octanol–water partition coefficient (Wildman–Crippen LogP) is 2.20. The van der Waals surface area contributed by atoms with Gasteiger partial charge in [0.25, 0.3) is 0 Å². The van der Waals surface area contributed by atoms with E-state index in [-0.39, 0.29) is 0 Å². The van der Waals surface area contributed by atoms with Crippen molar-refractivity contribution in [2.75, 3.05) is 0 Å². The molecule has 0 heterocycles. The molecule has 0 radical (unpaired) electrons. The van der Waals surface area contributed by atoms with Gasteiger partial charge in [0.2, 0.25) is 0 Å². The van der Waals surface area contributed by atoms with Crippen LogP contribution < -0.4 is 0 Å². The first-order chi connectivity index (χ1) is 10.4. The zero-order valence-corrected chi connectivity index (χ0v) is 11.0. The maximum Gasteiger partial charge on any atom is 0.416 e. The molecule has 23 heavy (non-hydrogen) atoms. The minimum absolute atomic E-state index is 0.372. The molecule has 3 N–H and O–H groups in total. The molecule has 1 aliphatic rings. The molecule has 0 aliphatic heterocycles. The number of aliphatic hydroxyl groups is 3. The van der Waals surface area contributed by atoms with E-state index in [1.54, 1.807) is 0 Å². The molecule has 0 amide bonds. The van der Waals surface area contributed by atoms with Crippen LogP contribution in [-0.4, -0.2) is 27.6 Å². The number of rotatable bonds is 1. The van der Waals surface area contributed by atoms with Crippen LogP contribution in [-0.2, 0) is 6.18 Å². The van der Waals surface area contributed by atoms with Gasteiger partial charge in [0.1, 0.15) is 0 Å². The Morgan fingerprint density at radius 1 is 1.04 bits per heavy atom. The normalized spacial score (nSPS) is 25.8. The highest BCUT2D eigenvalue weighted by Crippen LogP contribution is 2.52. The predicted molar refractivity (Wildman–Crippen MR) is 61.6 cm³/mol. The summed E-state index contributed by atoms with van der Waals surface area (Å²) in [6.45, 7) is 0. The summed E-state index contributed by atoms with van der Waals surface area (Å²) in [6, 6.07) is 2.54. The van der Waals surface area contributed by atoms with E-state index in [1.807, 2.05) is 0 Å². The molecule has 0 saturated heterocycles. The van der Waals surface area contributed by atoms with Crippen LogP contribution in [0.25, 0.3) is 0 Å². The molecule has 0 spiro atoms. The summed E-state index contributed by atoms with van der Waals surface area (Å²) in [5, 5.41) is 37.7.